The molecule has 0 saturated carbocycles. The van der Waals surface area contributed by atoms with Crippen LogP contribution in [0.2, 0.25) is 0 Å². The molecule has 3 rings (SSSR count). The zero-order chi connectivity index (χ0) is 27.2. The van der Waals surface area contributed by atoms with Crippen LogP contribution in [0.4, 0.5) is 14.5 Å². The van der Waals surface area contributed by atoms with Crippen molar-refractivity contribution in [1.82, 2.24) is 5.32 Å². The average Bonchev–Trinajstić information content (AvgIpc) is 2.89. The molecule has 7 nitrogen and oxygen atoms in total. The normalized spacial score (nSPS) is 15.5. The SMILES string of the molecule is C=CC(F)(F)c1cc(C(C)CC(=O)CC(=O)Nc2ccc(C=N)cc2)ccc1S(=O)(=O)C1CCNCC1. The molecular weight excluding hydrogens is 500 g/mol. The Labute approximate surface area is 215 Å². The van der Waals surface area contributed by atoms with Gasteiger partial charge in [0.25, 0.3) is 5.92 Å². The number of amides is 1. The highest BCUT2D eigenvalue weighted by Crippen LogP contribution is 2.38. The molecule has 1 heterocycles. The third-order valence-electron chi connectivity index (χ3n) is 6.47. The molecular formula is C27H31F2N3O4S. The monoisotopic (exact) mass is 531 g/mol. The first-order valence-corrected chi connectivity index (χ1v) is 13.5. The van der Waals surface area contributed by atoms with Gasteiger partial charge in [-0.2, -0.15) is 8.78 Å². The summed E-state index contributed by atoms with van der Waals surface area (Å²) in [4.78, 5) is 24.4. The minimum absolute atomic E-state index is 0.0837. The van der Waals surface area contributed by atoms with E-state index in [1.807, 2.05) is 0 Å². The number of nitrogens with one attached hydrogen (secondary N) is 3. The number of carbonyl (C=O) groups is 2. The van der Waals surface area contributed by atoms with Crippen LogP contribution in [-0.4, -0.2) is 44.7 Å². The van der Waals surface area contributed by atoms with Gasteiger partial charge in [-0.1, -0.05) is 31.7 Å². The van der Waals surface area contributed by atoms with Crippen LogP contribution in [0.15, 0.2) is 60.0 Å². The predicted octanol–water partition coefficient (Wildman–Crippen LogP) is 4.58. The molecule has 0 aromatic heterocycles. The standard InChI is InChI=1S/C27H31F2N3O4S/c1-3-27(28,29)24-15-20(6-9-25(24)37(35,36)23-10-12-31-13-11-23)18(2)14-22(33)16-26(34)32-21-7-4-19(17-30)5-8-21/h3-9,15,17-18,23,30-31H,1,10-14,16H2,2H3,(H,32,34). The Morgan fingerprint density at radius 3 is 2.43 bits per heavy atom. The first-order valence-electron chi connectivity index (χ1n) is 12.0. The fourth-order valence-electron chi connectivity index (χ4n) is 4.34. The smallest absolute Gasteiger partial charge is 0.292 e. The second kappa shape index (κ2) is 11.9. The van der Waals surface area contributed by atoms with Crippen LogP contribution in [0.5, 0.6) is 0 Å². The van der Waals surface area contributed by atoms with Gasteiger partial charge >= 0.3 is 0 Å². The van der Waals surface area contributed by atoms with Crippen molar-refractivity contribution in [1.29, 1.82) is 5.41 Å². The van der Waals surface area contributed by atoms with E-state index in [1.54, 1.807) is 31.2 Å². The molecule has 1 atom stereocenters. The minimum atomic E-state index is -4.00. The zero-order valence-electron chi connectivity index (χ0n) is 20.6. The Morgan fingerprint density at radius 1 is 1.19 bits per heavy atom. The highest BCUT2D eigenvalue weighted by molar-refractivity contribution is 7.92. The lowest BCUT2D eigenvalue weighted by molar-refractivity contribution is -0.125. The van der Waals surface area contributed by atoms with Crippen LogP contribution in [0.1, 0.15) is 55.2 Å². The molecule has 0 radical (unpaired) electrons. The Morgan fingerprint density at radius 2 is 1.84 bits per heavy atom. The molecule has 1 fully saturated rings. The Bertz CT molecular complexity index is 1270. The Hall–Kier alpha value is -3.24. The van der Waals surface area contributed by atoms with E-state index in [9.17, 15) is 26.8 Å². The first-order chi connectivity index (χ1) is 17.5. The molecule has 10 heteroatoms. The lowest BCUT2D eigenvalue weighted by atomic mass is 9.92. The third kappa shape index (κ3) is 6.95. The van der Waals surface area contributed by atoms with Gasteiger partial charge in [0.1, 0.15) is 5.78 Å². The topological polar surface area (TPSA) is 116 Å². The maximum Gasteiger partial charge on any atom is 0.292 e. The summed E-state index contributed by atoms with van der Waals surface area (Å²) in [5.41, 5.74) is 0.873. The van der Waals surface area contributed by atoms with Gasteiger partial charge in [0.05, 0.1) is 16.6 Å². The number of allylic oxidation sites excluding steroid dienone is 1. The van der Waals surface area contributed by atoms with E-state index in [0.29, 0.717) is 48.8 Å². The number of hydrogen-bond donors (Lipinski definition) is 3. The van der Waals surface area contributed by atoms with Crippen molar-refractivity contribution >= 4 is 33.4 Å². The van der Waals surface area contributed by atoms with Crippen LogP contribution in [0.25, 0.3) is 0 Å². The molecule has 0 bridgehead atoms. The predicted molar refractivity (Wildman–Crippen MR) is 139 cm³/mol. The Balaban J connectivity index is 1.75. The molecule has 1 amide bonds. The second-order valence-corrected chi connectivity index (χ2v) is 11.4. The number of anilines is 1. The molecule has 37 heavy (non-hydrogen) atoms. The third-order valence-corrected chi connectivity index (χ3v) is 8.79. The largest absolute Gasteiger partial charge is 0.326 e. The van der Waals surface area contributed by atoms with Crippen molar-refractivity contribution in [2.24, 2.45) is 0 Å². The highest BCUT2D eigenvalue weighted by atomic mass is 32.2. The number of hydrogen-bond acceptors (Lipinski definition) is 6. The maximum atomic E-state index is 14.8. The van der Waals surface area contributed by atoms with Gasteiger partial charge < -0.3 is 16.0 Å². The van der Waals surface area contributed by atoms with Crippen LogP contribution in [0.3, 0.4) is 0 Å². The van der Waals surface area contributed by atoms with E-state index in [2.05, 4.69) is 17.2 Å². The molecule has 1 aliphatic heterocycles. The van der Waals surface area contributed by atoms with Crippen LogP contribution >= 0.6 is 0 Å². The van der Waals surface area contributed by atoms with Crippen molar-refractivity contribution in [3.8, 4) is 0 Å². The van der Waals surface area contributed by atoms with E-state index in [0.717, 1.165) is 6.07 Å². The van der Waals surface area contributed by atoms with Crippen LogP contribution in [0, 0.1) is 5.41 Å². The van der Waals surface area contributed by atoms with E-state index in [4.69, 9.17) is 5.41 Å². The summed E-state index contributed by atoms with van der Waals surface area (Å²) in [5, 5.41) is 12.1. The lowest BCUT2D eigenvalue weighted by Crippen LogP contribution is -2.36. The van der Waals surface area contributed by atoms with E-state index in [1.165, 1.54) is 18.3 Å². The van der Waals surface area contributed by atoms with Gasteiger partial charge in [0, 0.05) is 23.9 Å². The van der Waals surface area contributed by atoms with Gasteiger partial charge in [-0.25, -0.2) is 8.42 Å². The van der Waals surface area contributed by atoms with E-state index < -0.39 is 49.7 Å². The minimum Gasteiger partial charge on any atom is -0.326 e. The number of rotatable bonds is 11. The second-order valence-electron chi connectivity index (χ2n) is 9.21. The van der Waals surface area contributed by atoms with Gasteiger partial charge in [0.15, 0.2) is 9.84 Å². The quantitative estimate of drug-likeness (QED) is 0.223. The molecule has 198 valence electrons. The zero-order valence-corrected chi connectivity index (χ0v) is 21.4. The molecule has 1 saturated heterocycles. The number of carbonyl (C=O) groups excluding carboxylic acids is 2. The lowest BCUT2D eigenvalue weighted by Gasteiger charge is -2.26. The fraction of sp³-hybridized carbons (Fsp3) is 0.370. The Kier molecular flexibility index (Phi) is 9.09. The molecule has 2 aromatic carbocycles. The summed E-state index contributed by atoms with van der Waals surface area (Å²) in [6, 6.07) is 10.3. The molecule has 2 aromatic rings. The number of ketones is 1. The summed E-state index contributed by atoms with van der Waals surface area (Å²) >= 11 is 0. The summed E-state index contributed by atoms with van der Waals surface area (Å²) < 4.78 is 56.2. The average molecular weight is 532 g/mol. The van der Waals surface area contributed by atoms with Gasteiger partial charge in [0.2, 0.25) is 5.91 Å². The van der Waals surface area contributed by atoms with E-state index in [-0.39, 0.29) is 12.2 Å². The van der Waals surface area contributed by atoms with Crippen molar-refractivity contribution in [2.45, 2.75) is 54.6 Å². The van der Waals surface area contributed by atoms with Gasteiger partial charge in [-0.3, -0.25) is 9.59 Å². The highest BCUT2D eigenvalue weighted by Gasteiger charge is 2.38. The number of sulfone groups is 1. The molecule has 0 spiro atoms. The van der Waals surface area contributed by atoms with Crippen LogP contribution in [-0.2, 0) is 25.3 Å². The van der Waals surface area contributed by atoms with Crippen molar-refractivity contribution in [3.63, 3.8) is 0 Å². The summed E-state index contributed by atoms with van der Waals surface area (Å²) in [6.07, 6.45) is 1.78. The molecule has 3 N–H and O–H groups in total. The number of benzene rings is 2. The van der Waals surface area contributed by atoms with Crippen molar-refractivity contribution in [2.75, 3.05) is 18.4 Å². The number of Topliss-reactive ketones (excluding diaryl/α,β-unsaturated/α-hetero) is 1. The van der Waals surface area contributed by atoms with Gasteiger partial charge in [-0.15, -0.1) is 0 Å². The van der Waals surface area contributed by atoms with Crippen molar-refractivity contribution in [3.05, 3.63) is 71.8 Å². The molecule has 0 aliphatic carbocycles. The fourth-order valence-corrected chi connectivity index (χ4v) is 6.31. The van der Waals surface area contributed by atoms with Crippen molar-refractivity contribution < 1.29 is 26.8 Å². The number of halogens is 2. The number of piperidine rings is 1. The first kappa shape index (κ1) is 28.3. The van der Waals surface area contributed by atoms with Crippen LogP contribution < -0.4 is 10.6 Å². The molecule has 1 aliphatic rings. The summed E-state index contributed by atoms with van der Waals surface area (Å²) in [5.74, 6) is -5.00. The molecule has 1 unspecified atom stereocenters. The maximum absolute atomic E-state index is 14.8. The summed E-state index contributed by atoms with van der Waals surface area (Å²) in [7, 11) is -4.00. The number of alkyl halides is 2. The summed E-state index contributed by atoms with van der Waals surface area (Å²) in [6.45, 7) is 5.84. The van der Waals surface area contributed by atoms with E-state index >= 15 is 0 Å². The van der Waals surface area contributed by atoms with Gasteiger partial charge in [-0.05, 0) is 73.3 Å².